The summed E-state index contributed by atoms with van der Waals surface area (Å²) in [7, 11) is 0. The van der Waals surface area contributed by atoms with Crippen LogP contribution in [-0.4, -0.2) is 21.6 Å². The molecular weight excluding hydrogens is 206 g/mol. The van der Waals surface area contributed by atoms with Crippen molar-refractivity contribution >= 4 is 0 Å². The van der Waals surface area contributed by atoms with Gasteiger partial charge in [0.15, 0.2) is 5.82 Å². The van der Waals surface area contributed by atoms with Crippen molar-refractivity contribution in [1.29, 1.82) is 0 Å². The maximum atomic E-state index is 11.6. The molecule has 2 aromatic heterocycles. The van der Waals surface area contributed by atoms with Gasteiger partial charge in [-0.15, -0.1) is 0 Å². The highest BCUT2D eigenvalue weighted by Crippen LogP contribution is 2.09. The van der Waals surface area contributed by atoms with E-state index in [1.165, 1.54) is 6.20 Å². The average molecular weight is 217 g/mol. The van der Waals surface area contributed by atoms with E-state index in [1.54, 1.807) is 18.3 Å². The van der Waals surface area contributed by atoms with Crippen LogP contribution in [0.3, 0.4) is 0 Å². The summed E-state index contributed by atoms with van der Waals surface area (Å²) in [4.78, 5) is 22.4. The Hall–Kier alpha value is -2.17. The second-order valence-corrected chi connectivity index (χ2v) is 3.07. The van der Waals surface area contributed by atoms with E-state index < -0.39 is 0 Å². The third-order valence-corrected chi connectivity index (χ3v) is 1.97. The van der Waals surface area contributed by atoms with Gasteiger partial charge in [-0.1, -0.05) is 6.07 Å². The van der Waals surface area contributed by atoms with Gasteiger partial charge in [-0.05, 0) is 19.1 Å². The lowest BCUT2D eigenvalue weighted by Gasteiger charge is -2.02. The molecule has 0 aliphatic rings. The Labute approximate surface area is 92.2 Å². The van der Waals surface area contributed by atoms with Crippen LogP contribution in [0.4, 0.5) is 0 Å². The first-order chi connectivity index (χ1) is 7.81. The third-order valence-electron chi connectivity index (χ3n) is 1.97. The summed E-state index contributed by atoms with van der Waals surface area (Å²) < 4.78 is 5.10. The fraction of sp³-hybridized carbons (Fsp3) is 0.182. The SMILES string of the molecule is CCOc1cnc(-c2ccccn2)[nH]c1=O. The van der Waals surface area contributed by atoms with E-state index in [0.29, 0.717) is 18.1 Å². The minimum atomic E-state index is -0.294. The molecular formula is C11H11N3O2. The predicted molar refractivity (Wildman–Crippen MR) is 59.3 cm³/mol. The zero-order valence-corrected chi connectivity index (χ0v) is 8.80. The van der Waals surface area contributed by atoms with Crippen LogP contribution in [0.5, 0.6) is 5.75 Å². The Morgan fingerprint density at radius 1 is 1.38 bits per heavy atom. The molecule has 2 aromatic rings. The number of H-pyrrole nitrogens is 1. The second kappa shape index (κ2) is 4.57. The van der Waals surface area contributed by atoms with Crippen molar-refractivity contribution in [2.75, 3.05) is 6.61 Å². The molecule has 16 heavy (non-hydrogen) atoms. The lowest BCUT2D eigenvalue weighted by molar-refractivity contribution is 0.333. The van der Waals surface area contributed by atoms with Gasteiger partial charge in [-0.2, -0.15) is 0 Å². The van der Waals surface area contributed by atoms with Gasteiger partial charge in [0, 0.05) is 6.20 Å². The van der Waals surface area contributed by atoms with Gasteiger partial charge in [0.25, 0.3) is 5.56 Å². The molecule has 0 saturated carbocycles. The van der Waals surface area contributed by atoms with E-state index in [2.05, 4.69) is 15.0 Å². The van der Waals surface area contributed by atoms with Crippen molar-refractivity contribution in [1.82, 2.24) is 15.0 Å². The molecule has 0 amide bonds. The van der Waals surface area contributed by atoms with Crippen LogP contribution in [0.1, 0.15) is 6.92 Å². The first kappa shape index (κ1) is 10.4. The molecule has 0 aliphatic carbocycles. The summed E-state index contributed by atoms with van der Waals surface area (Å²) in [5.74, 6) is 0.663. The minimum absolute atomic E-state index is 0.224. The van der Waals surface area contributed by atoms with Gasteiger partial charge < -0.3 is 9.72 Å². The van der Waals surface area contributed by atoms with Crippen molar-refractivity contribution in [3.05, 3.63) is 40.9 Å². The smallest absolute Gasteiger partial charge is 0.293 e. The maximum Gasteiger partial charge on any atom is 0.293 e. The number of hydrogen-bond acceptors (Lipinski definition) is 4. The van der Waals surface area contributed by atoms with Crippen LogP contribution < -0.4 is 10.3 Å². The van der Waals surface area contributed by atoms with Crippen LogP contribution in [0.15, 0.2) is 35.4 Å². The van der Waals surface area contributed by atoms with Gasteiger partial charge in [-0.3, -0.25) is 9.78 Å². The number of ether oxygens (including phenoxy) is 1. The molecule has 0 aliphatic heterocycles. The van der Waals surface area contributed by atoms with Crippen LogP contribution >= 0.6 is 0 Å². The van der Waals surface area contributed by atoms with E-state index in [0.717, 1.165) is 0 Å². The highest BCUT2D eigenvalue weighted by molar-refractivity contribution is 5.48. The summed E-state index contributed by atoms with van der Waals surface area (Å²) in [6.45, 7) is 2.25. The van der Waals surface area contributed by atoms with Crippen LogP contribution in [0, 0.1) is 0 Å². The van der Waals surface area contributed by atoms with E-state index >= 15 is 0 Å². The first-order valence-corrected chi connectivity index (χ1v) is 4.94. The molecule has 0 aromatic carbocycles. The Balaban J connectivity index is 2.39. The molecule has 0 unspecified atom stereocenters. The molecule has 0 atom stereocenters. The highest BCUT2D eigenvalue weighted by atomic mass is 16.5. The Morgan fingerprint density at radius 3 is 2.88 bits per heavy atom. The largest absolute Gasteiger partial charge is 0.487 e. The van der Waals surface area contributed by atoms with Crippen LogP contribution in [0.2, 0.25) is 0 Å². The molecule has 0 fully saturated rings. The number of aromatic nitrogens is 3. The van der Waals surface area contributed by atoms with E-state index in [9.17, 15) is 4.79 Å². The average Bonchev–Trinajstić information content (AvgIpc) is 2.33. The molecule has 0 saturated heterocycles. The summed E-state index contributed by atoms with van der Waals surface area (Å²) in [6, 6.07) is 5.41. The van der Waals surface area contributed by atoms with E-state index in [1.807, 2.05) is 13.0 Å². The fourth-order valence-corrected chi connectivity index (χ4v) is 1.27. The summed E-state index contributed by atoms with van der Waals surface area (Å²) in [5, 5.41) is 0. The highest BCUT2D eigenvalue weighted by Gasteiger charge is 2.05. The Bertz CT molecular complexity index is 522. The second-order valence-electron chi connectivity index (χ2n) is 3.07. The van der Waals surface area contributed by atoms with Crippen molar-refractivity contribution in [3.8, 4) is 17.3 Å². The molecule has 82 valence electrons. The molecule has 0 bridgehead atoms. The molecule has 2 rings (SSSR count). The topological polar surface area (TPSA) is 67.9 Å². The number of pyridine rings is 1. The van der Waals surface area contributed by atoms with Gasteiger partial charge in [0.05, 0.1) is 12.8 Å². The molecule has 1 N–H and O–H groups in total. The maximum absolute atomic E-state index is 11.6. The van der Waals surface area contributed by atoms with E-state index in [4.69, 9.17) is 4.74 Å². The summed E-state index contributed by atoms with van der Waals surface area (Å²) in [5.41, 5.74) is 0.333. The standard InChI is InChI=1S/C11H11N3O2/c1-2-16-9-7-13-10(14-11(9)15)8-5-3-4-6-12-8/h3-7H,2H2,1H3,(H,13,14,15). The molecule has 2 heterocycles. The quantitative estimate of drug-likeness (QED) is 0.839. The minimum Gasteiger partial charge on any atom is -0.487 e. The number of rotatable bonds is 3. The van der Waals surface area contributed by atoms with Gasteiger partial charge >= 0.3 is 0 Å². The molecule has 0 spiro atoms. The molecule has 5 nitrogen and oxygen atoms in total. The lowest BCUT2D eigenvalue weighted by atomic mass is 10.3. The monoisotopic (exact) mass is 217 g/mol. The van der Waals surface area contributed by atoms with Crippen molar-refractivity contribution in [2.24, 2.45) is 0 Å². The van der Waals surface area contributed by atoms with Gasteiger partial charge in [0.1, 0.15) is 5.69 Å². The van der Waals surface area contributed by atoms with Crippen molar-refractivity contribution < 1.29 is 4.74 Å². The zero-order chi connectivity index (χ0) is 11.4. The lowest BCUT2D eigenvalue weighted by Crippen LogP contribution is -2.13. The van der Waals surface area contributed by atoms with Crippen LogP contribution in [-0.2, 0) is 0 Å². The number of hydrogen-bond donors (Lipinski definition) is 1. The predicted octanol–water partition coefficient (Wildman–Crippen LogP) is 1.23. The molecule has 0 radical (unpaired) electrons. The third kappa shape index (κ3) is 2.08. The molecule has 5 heteroatoms. The van der Waals surface area contributed by atoms with Gasteiger partial charge in [-0.25, -0.2) is 4.98 Å². The van der Waals surface area contributed by atoms with E-state index in [-0.39, 0.29) is 11.3 Å². The van der Waals surface area contributed by atoms with Crippen LogP contribution in [0.25, 0.3) is 11.5 Å². The van der Waals surface area contributed by atoms with Gasteiger partial charge in [0.2, 0.25) is 5.75 Å². The first-order valence-electron chi connectivity index (χ1n) is 4.94. The number of aromatic amines is 1. The summed E-state index contributed by atoms with van der Waals surface area (Å²) in [6.07, 6.45) is 3.05. The van der Waals surface area contributed by atoms with Crippen molar-refractivity contribution in [3.63, 3.8) is 0 Å². The Kier molecular flexibility index (Phi) is 2.95. The fourth-order valence-electron chi connectivity index (χ4n) is 1.27. The summed E-state index contributed by atoms with van der Waals surface area (Å²) >= 11 is 0. The van der Waals surface area contributed by atoms with Crippen molar-refractivity contribution in [2.45, 2.75) is 6.92 Å². The Morgan fingerprint density at radius 2 is 2.25 bits per heavy atom. The number of nitrogens with zero attached hydrogens (tertiary/aromatic N) is 2. The zero-order valence-electron chi connectivity index (χ0n) is 8.80. The normalized spacial score (nSPS) is 10.1. The number of nitrogens with one attached hydrogen (secondary N) is 1.